The summed E-state index contributed by atoms with van der Waals surface area (Å²) >= 11 is 0. The number of imidazole rings is 1. The molecule has 3 aromatic rings. The molecule has 0 saturated carbocycles. The Labute approximate surface area is 196 Å². The zero-order valence-electron chi connectivity index (χ0n) is 17.3. The molecule has 2 aromatic carbocycles. The van der Waals surface area contributed by atoms with Gasteiger partial charge in [0.25, 0.3) is 0 Å². The molecular weight excluding hydrogens is 485 g/mol. The second-order valence-corrected chi connectivity index (χ2v) is 7.45. The van der Waals surface area contributed by atoms with Gasteiger partial charge in [-0.15, -0.1) is 24.0 Å². The number of guanidine groups is 1. The van der Waals surface area contributed by atoms with E-state index < -0.39 is 0 Å². The molecule has 1 saturated heterocycles. The number of piperidine rings is 1. The summed E-state index contributed by atoms with van der Waals surface area (Å²) in [4.78, 5) is 11.9. The number of aromatic nitrogens is 2. The van der Waals surface area contributed by atoms with E-state index in [2.05, 4.69) is 80.6 Å². The topological polar surface area (TPSA) is 45.5 Å². The molecule has 1 aliphatic rings. The van der Waals surface area contributed by atoms with Crippen LogP contribution in [0.4, 0.5) is 5.69 Å². The first kappa shape index (κ1) is 22.3. The molecule has 4 rings (SSSR count). The summed E-state index contributed by atoms with van der Waals surface area (Å²) in [7, 11) is 0. The van der Waals surface area contributed by atoms with Crippen molar-refractivity contribution in [1.29, 1.82) is 0 Å². The highest BCUT2D eigenvalue weighted by atomic mass is 127. The molecule has 0 aliphatic carbocycles. The summed E-state index contributed by atoms with van der Waals surface area (Å²) in [5, 5.41) is 3.53. The summed E-state index contributed by atoms with van der Waals surface area (Å²) < 4.78 is 2.22. The molecule has 2 heterocycles. The lowest BCUT2D eigenvalue weighted by molar-refractivity contribution is 0.340. The highest BCUT2D eigenvalue weighted by Crippen LogP contribution is 2.13. The summed E-state index contributed by atoms with van der Waals surface area (Å²) in [6.07, 6.45) is 8.54. The zero-order chi connectivity index (χ0) is 19.7. The molecule has 6 heteroatoms. The number of likely N-dealkylation sites (tertiary alicyclic amines) is 1. The molecule has 0 radical (unpaired) electrons. The molecule has 1 N–H and O–H groups in total. The number of rotatable bonds is 6. The Balaban J connectivity index is 0.00000256. The maximum Gasteiger partial charge on any atom is 0.198 e. The van der Waals surface area contributed by atoms with Crippen molar-refractivity contribution in [3.63, 3.8) is 0 Å². The molecule has 0 amide bonds. The Hall–Kier alpha value is -2.35. The fourth-order valence-corrected chi connectivity index (χ4v) is 3.73. The molecule has 1 fully saturated rings. The van der Waals surface area contributed by atoms with Crippen molar-refractivity contribution >= 4 is 35.6 Å². The second-order valence-electron chi connectivity index (χ2n) is 7.45. The molecule has 0 spiro atoms. The molecule has 158 valence electrons. The van der Waals surface area contributed by atoms with Gasteiger partial charge in [0.15, 0.2) is 5.96 Å². The monoisotopic (exact) mass is 515 g/mol. The minimum Gasteiger partial charge on any atom is -0.343 e. The Kier molecular flexibility index (Phi) is 8.74. The second kappa shape index (κ2) is 11.7. The highest BCUT2D eigenvalue weighted by molar-refractivity contribution is 14.0. The van der Waals surface area contributed by atoms with Crippen molar-refractivity contribution in [2.24, 2.45) is 4.99 Å². The van der Waals surface area contributed by atoms with Crippen LogP contribution >= 0.6 is 24.0 Å². The molecule has 0 atom stereocenters. The number of hydrogen-bond acceptors (Lipinski definition) is 2. The van der Waals surface area contributed by atoms with Gasteiger partial charge in [-0.25, -0.2) is 4.98 Å². The van der Waals surface area contributed by atoms with Gasteiger partial charge in [-0.3, -0.25) is 4.99 Å². The molecule has 0 bridgehead atoms. The highest BCUT2D eigenvalue weighted by Gasteiger charge is 2.15. The third-order valence-corrected chi connectivity index (χ3v) is 5.28. The smallest absolute Gasteiger partial charge is 0.198 e. The third kappa shape index (κ3) is 6.32. The number of hydrogen-bond donors (Lipinski definition) is 1. The normalized spacial score (nSPS) is 14.3. The van der Waals surface area contributed by atoms with Gasteiger partial charge in [0, 0.05) is 50.7 Å². The van der Waals surface area contributed by atoms with E-state index >= 15 is 0 Å². The van der Waals surface area contributed by atoms with Crippen molar-refractivity contribution in [1.82, 2.24) is 14.5 Å². The Morgan fingerprint density at radius 2 is 1.63 bits per heavy atom. The molecule has 0 unspecified atom stereocenters. The fourth-order valence-electron chi connectivity index (χ4n) is 3.73. The number of para-hydroxylation sites is 1. The van der Waals surface area contributed by atoms with Crippen LogP contribution in [0.2, 0.25) is 0 Å². The van der Waals surface area contributed by atoms with Gasteiger partial charge in [-0.05, 0) is 37.0 Å². The van der Waals surface area contributed by atoms with Crippen LogP contribution in [-0.4, -0.2) is 40.0 Å². The lowest BCUT2D eigenvalue weighted by atomic mass is 10.1. The van der Waals surface area contributed by atoms with Crippen LogP contribution in [0, 0.1) is 0 Å². The van der Waals surface area contributed by atoms with Crippen LogP contribution in [-0.2, 0) is 13.0 Å². The van der Waals surface area contributed by atoms with Crippen LogP contribution in [0.15, 0.2) is 78.0 Å². The first-order chi connectivity index (χ1) is 14.4. The van der Waals surface area contributed by atoms with E-state index in [1.54, 1.807) is 0 Å². The lowest BCUT2D eigenvalue weighted by Crippen LogP contribution is -2.40. The van der Waals surface area contributed by atoms with Crippen molar-refractivity contribution in [2.75, 3.05) is 25.0 Å². The molecule has 5 nitrogen and oxygen atoms in total. The predicted molar refractivity (Wildman–Crippen MR) is 135 cm³/mol. The largest absolute Gasteiger partial charge is 0.343 e. The Morgan fingerprint density at radius 3 is 2.37 bits per heavy atom. The maximum absolute atomic E-state index is 4.94. The molecule has 1 aromatic heterocycles. The van der Waals surface area contributed by atoms with E-state index in [1.807, 2.05) is 12.3 Å². The number of anilines is 1. The van der Waals surface area contributed by atoms with Crippen molar-refractivity contribution < 1.29 is 0 Å². The van der Waals surface area contributed by atoms with E-state index in [1.165, 1.54) is 24.8 Å². The molecule has 30 heavy (non-hydrogen) atoms. The first-order valence-electron chi connectivity index (χ1n) is 10.5. The number of benzene rings is 2. The SMILES string of the molecule is I.c1ccc(Cn2ccnc2CCN=C(Nc2ccccc2)N2CCCCC2)cc1. The van der Waals surface area contributed by atoms with Gasteiger partial charge in [0.1, 0.15) is 5.82 Å². The van der Waals surface area contributed by atoms with Gasteiger partial charge < -0.3 is 14.8 Å². The Morgan fingerprint density at radius 1 is 0.933 bits per heavy atom. The van der Waals surface area contributed by atoms with Gasteiger partial charge >= 0.3 is 0 Å². The van der Waals surface area contributed by atoms with Crippen LogP contribution in [0.25, 0.3) is 0 Å². The maximum atomic E-state index is 4.94. The minimum atomic E-state index is 0. The lowest BCUT2D eigenvalue weighted by Gasteiger charge is -2.30. The number of nitrogens with one attached hydrogen (secondary N) is 1. The quantitative estimate of drug-likeness (QED) is 0.284. The van der Waals surface area contributed by atoms with Crippen molar-refractivity contribution in [3.05, 3.63) is 84.4 Å². The van der Waals surface area contributed by atoms with Crippen LogP contribution in [0.1, 0.15) is 30.7 Å². The summed E-state index contributed by atoms with van der Waals surface area (Å²) in [5.74, 6) is 2.06. The van der Waals surface area contributed by atoms with E-state index in [0.717, 1.165) is 50.1 Å². The standard InChI is InChI=1S/C24H29N5.HI/c1-4-10-21(11-5-1)20-29-19-16-25-23(29)14-15-26-24(28-17-8-3-9-18-28)27-22-12-6-2-7-13-22;/h1-2,4-7,10-13,16,19H,3,8-9,14-15,17-18,20H2,(H,26,27);1H. The Bertz CT molecular complexity index is 902. The summed E-state index contributed by atoms with van der Waals surface area (Å²) in [5.41, 5.74) is 2.37. The van der Waals surface area contributed by atoms with Crippen molar-refractivity contribution in [2.45, 2.75) is 32.2 Å². The minimum absolute atomic E-state index is 0. The van der Waals surface area contributed by atoms with Crippen LogP contribution in [0.3, 0.4) is 0 Å². The summed E-state index contributed by atoms with van der Waals surface area (Å²) in [6, 6.07) is 20.8. The third-order valence-electron chi connectivity index (χ3n) is 5.28. The van der Waals surface area contributed by atoms with Crippen molar-refractivity contribution in [3.8, 4) is 0 Å². The van der Waals surface area contributed by atoms with Crippen LogP contribution in [0.5, 0.6) is 0 Å². The van der Waals surface area contributed by atoms with Gasteiger partial charge in [-0.2, -0.15) is 0 Å². The van der Waals surface area contributed by atoms with Crippen LogP contribution < -0.4 is 5.32 Å². The fraction of sp³-hybridized carbons (Fsp3) is 0.333. The number of aliphatic imine (C=N–C) groups is 1. The van der Waals surface area contributed by atoms with Gasteiger partial charge in [0.05, 0.1) is 0 Å². The van der Waals surface area contributed by atoms with E-state index in [-0.39, 0.29) is 24.0 Å². The van der Waals surface area contributed by atoms with Gasteiger partial charge in [0.2, 0.25) is 0 Å². The number of halogens is 1. The summed E-state index contributed by atoms with van der Waals surface area (Å²) in [6.45, 7) is 3.71. The van der Waals surface area contributed by atoms with E-state index in [4.69, 9.17) is 4.99 Å². The average Bonchev–Trinajstić information content (AvgIpc) is 3.22. The van der Waals surface area contributed by atoms with E-state index in [0.29, 0.717) is 0 Å². The average molecular weight is 515 g/mol. The zero-order valence-corrected chi connectivity index (χ0v) is 19.6. The predicted octanol–water partition coefficient (Wildman–Crippen LogP) is 5.05. The molecular formula is C24H30IN5. The van der Waals surface area contributed by atoms with Gasteiger partial charge in [-0.1, -0.05) is 48.5 Å². The number of nitrogens with zero attached hydrogens (tertiary/aromatic N) is 4. The molecule has 1 aliphatic heterocycles. The first-order valence-corrected chi connectivity index (χ1v) is 10.5. The van der Waals surface area contributed by atoms with E-state index in [9.17, 15) is 0 Å².